The number of hydrogen-bond donors (Lipinski definition) is 1. The van der Waals surface area contributed by atoms with Crippen LogP contribution in [0.1, 0.15) is 29.8 Å². The number of ether oxygens (including phenoxy) is 1. The second-order valence-electron chi connectivity index (χ2n) is 4.84. The summed E-state index contributed by atoms with van der Waals surface area (Å²) in [7, 11) is 1.52. The predicted molar refractivity (Wildman–Crippen MR) is 78.7 cm³/mol. The maximum atomic E-state index is 12.2. The summed E-state index contributed by atoms with van der Waals surface area (Å²) >= 11 is 0. The third-order valence-electron chi connectivity index (χ3n) is 3.11. The van der Waals surface area contributed by atoms with Crippen molar-refractivity contribution < 1.29 is 14.3 Å². The van der Waals surface area contributed by atoms with Crippen LogP contribution in [-0.2, 0) is 16.0 Å². The van der Waals surface area contributed by atoms with Gasteiger partial charge in [0.05, 0.1) is 12.7 Å². The summed E-state index contributed by atoms with van der Waals surface area (Å²) in [5, 5.41) is 11.7. The van der Waals surface area contributed by atoms with Crippen LogP contribution in [0.5, 0.6) is 0 Å². The molecule has 0 heterocycles. The number of methoxy groups -OCH3 is 1. The van der Waals surface area contributed by atoms with Crippen molar-refractivity contribution in [3.8, 4) is 6.07 Å². The zero-order valence-electron chi connectivity index (χ0n) is 12.6. The lowest BCUT2D eigenvalue weighted by atomic mass is 9.96. The van der Waals surface area contributed by atoms with Gasteiger partial charge in [-0.3, -0.25) is 9.59 Å². The molecule has 0 aromatic heterocycles. The van der Waals surface area contributed by atoms with E-state index >= 15 is 0 Å². The van der Waals surface area contributed by atoms with E-state index < -0.39 is 17.6 Å². The van der Waals surface area contributed by atoms with E-state index in [0.29, 0.717) is 12.2 Å². The van der Waals surface area contributed by atoms with Crippen LogP contribution >= 0.6 is 0 Å². The molecule has 1 aromatic carbocycles. The largest absolute Gasteiger partial charge is 0.383 e. The molecule has 0 saturated heterocycles. The maximum absolute atomic E-state index is 12.2. The Kier molecular flexibility index (Phi) is 6.57. The van der Waals surface area contributed by atoms with Gasteiger partial charge in [-0.2, -0.15) is 5.26 Å². The van der Waals surface area contributed by atoms with Crippen molar-refractivity contribution in [1.29, 1.82) is 5.26 Å². The quantitative estimate of drug-likeness (QED) is 0.612. The maximum Gasteiger partial charge on any atom is 0.245 e. The molecule has 0 aliphatic carbocycles. The molecule has 2 atom stereocenters. The van der Waals surface area contributed by atoms with E-state index in [1.807, 2.05) is 19.1 Å². The third-order valence-corrected chi connectivity index (χ3v) is 3.11. The van der Waals surface area contributed by atoms with E-state index in [9.17, 15) is 9.59 Å². The van der Waals surface area contributed by atoms with Gasteiger partial charge in [-0.05, 0) is 18.9 Å². The predicted octanol–water partition coefficient (Wildman–Crippen LogP) is 1.72. The van der Waals surface area contributed by atoms with Gasteiger partial charge in [0.2, 0.25) is 5.91 Å². The lowest BCUT2D eigenvalue weighted by Gasteiger charge is -2.15. The minimum Gasteiger partial charge on any atom is -0.383 e. The molecule has 5 heteroatoms. The van der Waals surface area contributed by atoms with Crippen LogP contribution in [0.15, 0.2) is 24.3 Å². The van der Waals surface area contributed by atoms with Crippen LogP contribution in [0.2, 0.25) is 0 Å². The number of nitrogens with one attached hydrogen (secondary N) is 1. The topological polar surface area (TPSA) is 79.2 Å². The molecule has 21 heavy (non-hydrogen) atoms. The highest BCUT2D eigenvalue weighted by Gasteiger charge is 2.28. The number of nitrogens with zero attached hydrogens (tertiary/aromatic N) is 1. The van der Waals surface area contributed by atoms with Crippen molar-refractivity contribution in [2.45, 2.75) is 26.3 Å². The monoisotopic (exact) mass is 288 g/mol. The average molecular weight is 288 g/mol. The SMILES string of the molecule is CCc1ccc(C(=O)[C@@H](C#N)C(=O)N[C@@H](C)COC)cc1. The lowest BCUT2D eigenvalue weighted by molar-refractivity contribution is -0.123. The van der Waals surface area contributed by atoms with Gasteiger partial charge >= 0.3 is 0 Å². The molecule has 1 N–H and O–H groups in total. The summed E-state index contributed by atoms with van der Waals surface area (Å²) in [4.78, 5) is 24.2. The van der Waals surface area contributed by atoms with E-state index in [1.165, 1.54) is 7.11 Å². The van der Waals surface area contributed by atoms with Crippen LogP contribution in [-0.4, -0.2) is 31.4 Å². The number of nitriles is 1. The van der Waals surface area contributed by atoms with Gasteiger partial charge in [-0.1, -0.05) is 31.2 Å². The van der Waals surface area contributed by atoms with Gasteiger partial charge in [-0.25, -0.2) is 0 Å². The highest BCUT2D eigenvalue weighted by Crippen LogP contribution is 2.11. The molecule has 1 aromatic rings. The fourth-order valence-electron chi connectivity index (χ4n) is 1.93. The van der Waals surface area contributed by atoms with Crippen molar-refractivity contribution in [3.63, 3.8) is 0 Å². The molecule has 0 aliphatic heterocycles. The Bertz CT molecular complexity index is 531. The molecule has 5 nitrogen and oxygen atoms in total. The number of Topliss-reactive ketones (excluding diaryl/α,β-unsaturated/α-hetero) is 1. The minimum absolute atomic E-state index is 0.256. The van der Waals surface area contributed by atoms with Gasteiger partial charge in [0.15, 0.2) is 11.7 Å². The van der Waals surface area contributed by atoms with Gasteiger partial charge < -0.3 is 10.1 Å². The molecule has 0 bridgehead atoms. The average Bonchev–Trinajstić information content (AvgIpc) is 2.48. The van der Waals surface area contributed by atoms with Gasteiger partial charge in [0, 0.05) is 18.7 Å². The Morgan fingerprint density at radius 1 is 1.33 bits per heavy atom. The van der Waals surface area contributed by atoms with E-state index in [2.05, 4.69) is 5.32 Å². The second kappa shape index (κ2) is 8.18. The highest BCUT2D eigenvalue weighted by atomic mass is 16.5. The molecule has 0 aliphatic rings. The van der Waals surface area contributed by atoms with Crippen LogP contribution in [0.25, 0.3) is 0 Å². The van der Waals surface area contributed by atoms with Crippen LogP contribution in [0.3, 0.4) is 0 Å². The normalized spacial score (nSPS) is 13.0. The number of rotatable bonds is 7. The standard InChI is InChI=1S/C16H20N2O3/c1-4-12-5-7-13(8-6-12)15(19)14(9-17)16(20)18-11(2)10-21-3/h5-8,11,14H,4,10H2,1-3H3,(H,18,20)/t11-,14+/m0/s1. The summed E-state index contributed by atoms with van der Waals surface area (Å²) in [5.41, 5.74) is 1.46. The number of aryl methyl sites for hydroxylation is 1. The summed E-state index contributed by atoms with van der Waals surface area (Å²) in [6, 6.07) is 8.47. The Labute approximate surface area is 124 Å². The zero-order valence-corrected chi connectivity index (χ0v) is 12.6. The molecular formula is C16H20N2O3. The van der Waals surface area contributed by atoms with Crippen LogP contribution < -0.4 is 5.32 Å². The smallest absolute Gasteiger partial charge is 0.245 e. The lowest BCUT2D eigenvalue weighted by Crippen LogP contribution is -2.41. The highest BCUT2D eigenvalue weighted by molar-refractivity contribution is 6.12. The van der Waals surface area contributed by atoms with Crippen molar-refractivity contribution in [3.05, 3.63) is 35.4 Å². The molecule has 112 valence electrons. The molecule has 1 amide bonds. The molecular weight excluding hydrogens is 268 g/mol. The van der Waals surface area contributed by atoms with Crippen molar-refractivity contribution in [1.82, 2.24) is 5.32 Å². The zero-order chi connectivity index (χ0) is 15.8. The third kappa shape index (κ3) is 4.69. The first-order valence-corrected chi connectivity index (χ1v) is 6.85. The Morgan fingerprint density at radius 3 is 2.43 bits per heavy atom. The number of carbonyl (C=O) groups excluding carboxylic acids is 2. The summed E-state index contributed by atoms with van der Waals surface area (Å²) in [6.07, 6.45) is 0.866. The summed E-state index contributed by atoms with van der Waals surface area (Å²) in [5.74, 6) is -2.41. The van der Waals surface area contributed by atoms with E-state index in [1.54, 1.807) is 25.1 Å². The fourth-order valence-corrected chi connectivity index (χ4v) is 1.93. The van der Waals surface area contributed by atoms with Crippen molar-refractivity contribution in [2.24, 2.45) is 5.92 Å². The Balaban J connectivity index is 2.81. The number of carbonyl (C=O) groups is 2. The van der Waals surface area contributed by atoms with Crippen molar-refractivity contribution >= 4 is 11.7 Å². The molecule has 0 saturated carbocycles. The van der Waals surface area contributed by atoms with Gasteiger partial charge in [0.25, 0.3) is 0 Å². The Morgan fingerprint density at radius 2 is 1.95 bits per heavy atom. The first-order valence-electron chi connectivity index (χ1n) is 6.85. The molecule has 0 radical (unpaired) electrons. The molecule has 0 unspecified atom stereocenters. The second-order valence-corrected chi connectivity index (χ2v) is 4.84. The number of benzene rings is 1. The van der Waals surface area contributed by atoms with Crippen molar-refractivity contribution in [2.75, 3.05) is 13.7 Å². The fraction of sp³-hybridized carbons (Fsp3) is 0.438. The number of amides is 1. The Hall–Kier alpha value is -2.19. The first kappa shape index (κ1) is 16.9. The van der Waals surface area contributed by atoms with Crippen LogP contribution in [0, 0.1) is 17.2 Å². The molecule has 0 fully saturated rings. The van der Waals surface area contributed by atoms with Crippen LogP contribution in [0.4, 0.5) is 0 Å². The summed E-state index contributed by atoms with van der Waals surface area (Å²) < 4.78 is 4.91. The van der Waals surface area contributed by atoms with Gasteiger partial charge in [-0.15, -0.1) is 0 Å². The van der Waals surface area contributed by atoms with E-state index in [4.69, 9.17) is 10.00 Å². The van der Waals surface area contributed by atoms with E-state index in [-0.39, 0.29) is 6.04 Å². The molecule has 1 rings (SSSR count). The van der Waals surface area contributed by atoms with E-state index in [0.717, 1.165) is 12.0 Å². The minimum atomic E-state index is -1.34. The van der Waals surface area contributed by atoms with Gasteiger partial charge in [0.1, 0.15) is 0 Å². The summed E-state index contributed by atoms with van der Waals surface area (Å²) in [6.45, 7) is 4.08. The first-order chi connectivity index (χ1) is 10.0. The number of hydrogen-bond acceptors (Lipinski definition) is 4. The molecule has 0 spiro atoms. The number of ketones is 1.